The molecule has 0 aromatic carbocycles. The Kier molecular flexibility index (Phi) is 2.64. The van der Waals surface area contributed by atoms with Crippen LogP contribution in [0.1, 0.15) is 13.8 Å². The molecule has 0 unspecified atom stereocenters. The van der Waals surface area contributed by atoms with Crippen LogP contribution in [0.5, 0.6) is 0 Å². The Bertz CT molecular complexity index is 248. The predicted molar refractivity (Wildman–Crippen MR) is 57.4 cm³/mol. The van der Waals surface area contributed by atoms with Gasteiger partial charge in [-0.15, -0.1) is 0 Å². The molecule has 0 saturated carbocycles. The van der Waals surface area contributed by atoms with Gasteiger partial charge in [0.2, 0.25) is 0 Å². The molecule has 2 fully saturated rings. The van der Waals surface area contributed by atoms with Gasteiger partial charge in [0.05, 0.1) is 5.60 Å². The molecule has 0 aliphatic carbocycles. The number of nitrogens with zero attached hydrogens (tertiary/aromatic N) is 1. The van der Waals surface area contributed by atoms with Crippen molar-refractivity contribution in [3.8, 4) is 0 Å². The van der Waals surface area contributed by atoms with E-state index in [1.807, 2.05) is 0 Å². The minimum Gasteiger partial charge on any atom is -0.376 e. The second-order valence-corrected chi connectivity index (χ2v) is 4.79. The standard InChI is InChI=1S/C11H20N2O/c1-9(10-4-12-5-10)6-13-7-11(2,8-13)14-3/h12H,4-8H2,1-3H3. The van der Waals surface area contributed by atoms with Crippen LogP contribution >= 0.6 is 0 Å². The van der Waals surface area contributed by atoms with E-state index in [0.717, 1.165) is 32.7 Å². The quantitative estimate of drug-likeness (QED) is 0.670. The first kappa shape index (κ1) is 10.1. The van der Waals surface area contributed by atoms with E-state index in [9.17, 15) is 0 Å². The van der Waals surface area contributed by atoms with Crippen LogP contribution in [0.25, 0.3) is 0 Å². The summed E-state index contributed by atoms with van der Waals surface area (Å²) < 4.78 is 5.42. The van der Waals surface area contributed by atoms with Crippen LogP contribution in [0.3, 0.4) is 0 Å². The average Bonchev–Trinajstić information content (AvgIpc) is 1.97. The molecular weight excluding hydrogens is 176 g/mol. The normalized spacial score (nSPS) is 25.5. The first-order chi connectivity index (χ1) is 6.63. The van der Waals surface area contributed by atoms with Gasteiger partial charge in [-0.1, -0.05) is 5.57 Å². The largest absolute Gasteiger partial charge is 0.376 e. The molecule has 0 aromatic heterocycles. The molecule has 0 spiro atoms. The van der Waals surface area contributed by atoms with Gasteiger partial charge in [0.1, 0.15) is 0 Å². The van der Waals surface area contributed by atoms with Gasteiger partial charge in [0.15, 0.2) is 0 Å². The lowest BCUT2D eigenvalue weighted by Crippen LogP contribution is -2.61. The molecular formula is C11H20N2O. The van der Waals surface area contributed by atoms with E-state index in [1.165, 1.54) is 0 Å². The van der Waals surface area contributed by atoms with E-state index in [2.05, 4.69) is 24.1 Å². The molecule has 3 nitrogen and oxygen atoms in total. The van der Waals surface area contributed by atoms with E-state index in [0.29, 0.717) is 0 Å². The molecule has 2 rings (SSSR count). The van der Waals surface area contributed by atoms with Gasteiger partial charge in [-0.3, -0.25) is 4.90 Å². The number of likely N-dealkylation sites (tertiary alicyclic amines) is 1. The number of ether oxygens (including phenoxy) is 1. The molecule has 2 heterocycles. The van der Waals surface area contributed by atoms with E-state index >= 15 is 0 Å². The van der Waals surface area contributed by atoms with Crippen molar-refractivity contribution in [2.45, 2.75) is 19.4 Å². The molecule has 0 atom stereocenters. The molecule has 0 radical (unpaired) electrons. The molecule has 2 aliphatic rings. The highest BCUT2D eigenvalue weighted by Crippen LogP contribution is 2.25. The molecule has 0 aromatic rings. The van der Waals surface area contributed by atoms with Gasteiger partial charge < -0.3 is 10.1 Å². The first-order valence-corrected chi connectivity index (χ1v) is 5.29. The Morgan fingerprint density at radius 2 is 2.14 bits per heavy atom. The summed E-state index contributed by atoms with van der Waals surface area (Å²) in [6, 6.07) is 0. The summed E-state index contributed by atoms with van der Waals surface area (Å²) >= 11 is 0. The van der Waals surface area contributed by atoms with Crippen LogP contribution in [-0.2, 0) is 4.74 Å². The van der Waals surface area contributed by atoms with Crippen molar-refractivity contribution in [3.63, 3.8) is 0 Å². The molecule has 80 valence electrons. The third-order valence-electron chi connectivity index (χ3n) is 3.35. The van der Waals surface area contributed by atoms with Crippen molar-refractivity contribution >= 4 is 0 Å². The average molecular weight is 196 g/mol. The number of nitrogens with one attached hydrogen (secondary N) is 1. The Hall–Kier alpha value is -0.380. The van der Waals surface area contributed by atoms with Gasteiger partial charge in [-0.25, -0.2) is 0 Å². The van der Waals surface area contributed by atoms with Crippen LogP contribution in [0.4, 0.5) is 0 Å². The topological polar surface area (TPSA) is 24.5 Å². The fourth-order valence-corrected chi connectivity index (χ4v) is 2.14. The molecule has 3 heteroatoms. The number of methoxy groups -OCH3 is 1. The van der Waals surface area contributed by atoms with E-state index in [4.69, 9.17) is 4.74 Å². The van der Waals surface area contributed by atoms with Gasteiger partial charge >= 0.3 is 0 Å². The van der Waals surface area contributed by atoms with Gasteiger partial charge in [-0.2, -0.15) is 0 Å². The van der Waals surface area contributed by atoms with Crippen LogP contribution in [-0.4, -0.2) is 50.3 Å². The Labute approximate surface area is 86.1 Å². The zero-order valence-corrected chi connectivity index (χ0v) is 9.39. The van der Waals surface area contributed by atoms with E-state index in [1.54, 1.807) is 18.3 Å². The minimum atomic E-state index is 0.114. The number of rotatable bonds is 3. The van der Waals surface area contributed by atoms with E-state index in [-0.39, 0.29) is 5.60 Å². The van der Waals surface area contributed by atoms with Gasteiger partial charge in [0.25, 0.3) is 0 Å². The third kappa shape index (κ3) is 1.85. The summed E-state index contributed by atoms with van der Waals surface area (Å²) in [7, 11) is 1.80. The number of hydrogen-bond acceptors (Lipinski definition) is 3. The lowest BCUT2D eigenvalue weighted by Gasteiger charge is -2.47. The second-order valence-electron chi connectivity index (χ2n) is 4.79. The van der Waals surface area contributed by atoms with Gasteiger partial charge in [-0.05, 0) is 19.4 Å². The van der Waals surface area contributed by atoms with Crippen molar-refractivity contribution in [3.05, 3.63) is 11.1 Å². The molecule has 2 aliphatic heterocycles. The lowest BCUT2D eigenvalue weighted by atomic mass is 9.94. The number of hydrogen-bond donors (Lipinski definition) is 1. The van der Waals surface area contributed by atoms with Crippen LogP contribution in [0, 0.1) is 0 Å². The van der Waals surface area contributed by atoms with Crippen molar-refractivity contribution in [1.29, 1.82) is 0 Å². The maximum absolute atomic E-state index is 5.42. The Morgan fingerprint density at radius 1 is 1.50 bits per heavy atom. The van der Waals surface area contributed by atoms with Gasteiger partial charge in [0, 0.05) is 39.8 Å². The highest BCUT2D eigenvalue weighted by Gasteiger charge is 2.38. The minimum absolute atomic E-state index is 0.114. The van der Waals surface area contributed by atoms with Crippen LogP contribution < -0.4 is 5.32 Å². The Balaban J connectivity index is 1.79. The summed E-state index contributed by atoms with van der Waals surface area (Å²) in [6.07, 6.45) is 0. The molecule has 1 N–H and O–H groups in total. The summed E-state index contributed by atoms with van der Waals surface area (Å²) in [6.45, 7) is 9.89. The second kappa shape index (κ2) is 3.65. The monoisotopic (exact) mass is 196 g/mol. The van der Waals surface area contributed by atoms with Crippen molar-refractivity contribution in [2.24, 2.45) is 0 Å². The van der Waals surface area contributed by atoms with Crippen LogP contribution in [0.15, 0.2) is 11.1 Å². The Morgan fingerprint density at radius 3 is 2.57 bits per heavy atom. The summed E-state index contributed by atoms with van der Waals surface area (Å²) in [5.41, 5.74) is 3.25. The fourth-order valence-electron chi connectivity index (χ4n) is 2.14. The van der Waals surface area contributed by atoms with Crippen molar-refractivity contribution in [2.75, 3.05) is 39.8 Å². The predicted octanol–water partition coefficient (Wildman–Crippen LogP) is 0.627. The molecule has 0 amide bonds. The van der Waals surface area contributed by atoms with E-state index < -0.39 is 0 Å². The highest BCUT2D eigenvalue weighted by atomic mass is 16.5. The van der Waals surface area contributed by atoms with Crippen molar-refractivity contribution < 1.29 is 4.74 Å². The molecule has 14 heavy (non-hydrogen) atoms. The third-order valence-corrected chi connectivity index (χ3v) is 3.35. The lowest BCUT2D eigenvalue weighted by molar-refractivity contribution is -0.107. The van der Waals surface area contributed by atoms with Crippen LogP contribution in [0.2, 0.25) is 0 Å². The summed E-state index contributed by atoms with van der Waals surface area (Å²) in [5, 5.41) is 3.28. The SMILES string of the molecule is COC1(C)CN(CC(C)=C2CNC2)C1. The zero-order valence-electron chi connectivity index (χ0n) is 9.39. The fraction of sp³-hybridized carbons (Fsp3) is 0.818. The zero-order chi connectivity index (χ0) is 10.2. The molecule has 0 bridgehead atoms. The maximum atomic E-state index is 5.42. The maximum Gasteiger partial charge on any atom is 0.0903 e. The summed E-state index contributed by atoms with van der Waals surface area (Å²) in [4.78, 5) is 2.45. The van der Waals surface area contributed by atoms with Crippen molar-refractivity contribution in [1.82, 2.24) is 10.2 Å². The first-order valence-electron chi connectivity index (χ1n) is 5.29. The smallest absolute Gasteiger partial charge is 0.0903 e. The molecule has 2 saturated heterocycles. The summed E-state index contributed by atoms with van der Waals surface area (Å²) in [5.74, 6) is 0. The highest BCUT2D eigenvalue weighted by molar-refractivity contribution is 5.23.